The van der Waals surface area contributed by atoms with E-state index in [2.05, 4.69) is 40.7 Å². The molecule has 0 aliphatic heterocycles. The summed E-state index contributed by atoms with van der Waals surface area (Å²) in [5.41, 5.74) is 0. The number of hydrogen-bond donors (Lipinski definition) is 15. The van der Waals surface area contributed by atoms with Crippen molar-refractivity contribution in [2.75, 3.05) is 262 Å². The lowest BCUT2D eigenvalue weighted by molar-refractivity contribution is -0.0987. The number of aliphatic hydroxyl groups is 2. The van der Waals surface area contributed by atoms with E-state index in [1.807, 2.05) is 34.3 Å². The number of carbonyl (C=O) groups is 2. The quantitative estimate of drug-likeness (QED) is 0.0199. The zero-order chi connectivity index (χ0) is 102. The number of phosphoric ester groups is 5. The van der Waals surface area contributed by atoms with Gasteiger partial charge in [0.05, 0.1) is 196 Å². The van der Waals surface area contributed by atoms with E-state index in [1.54, 1.807) is 27.7 Å². The highest BCUT2D eigenvalue weighted by Gasteiger charge is 2.28. The molecule has 13 unspecified atom stereocenters. The minimum atomic E-state index is -4.11. The van der Waals surface area contributed by atoms with Crippen LogP contribution in [0.3, 0.4) is 0 Å². The average molecular weight is 2180 g/mol. The molecule has 0 aromatic heterocycles. The van der Waals surface area contributed by atoms with Gasteiger partial charge in [-0.05, 0) is 105 Å². The maximum Gasteiger partial charge on any atom is 0.472 e. The van der Waals surface area contributed by atoms with E-state index in [9.17, 15) is 93.6 Å². The Labute approximate surface area is 765 Å². The Bertz CT molecular complexity index is 3120. The molecule has 0 aliphatic carbocycles. The van der Waals surface area contributed by atoms with E-state index < -0.39 is 99.7 Å². The smallest absolute Gasteiger partial charge is 0.394 e. The maximum atomic E-state index is 11.6. The largest absolute Gasteiger partial charge is 0.472 e. The van der Waals surface area contributed by atoms with Crippen LogP contribution in [0.15, 0.2) is 0 Å². The first kappa shape index (κ1) is 149. The van der Waals surface area contributed by atoms with Crippen LogP contribution in [0.25, 0.3) is 0 Å². The zero-order valence-electron chi connectivity index (χ0n) is 76.8. The summed E-state index contributed by atoms with van der Waals surface area (Å²) < 4.78 is 254. The molecule has 66 heteroatoms. The molecule has 15 N–H and O–H groups in total. The number of hydrogen-bond acceptors (Lipinski definition) is 40. The Hall–Kier alpha value is 0.810. The zero-order valence-corrected chi connectivity index (χ0v) is 88.4. The fourth-order valence-corrected chi connectivity index (χ4v) is 16.5. The molecule has 0 radical (unpaired) electrons. The maximum absolute atomic E-state index is 11.6. The van der Waals surface area contributed by atoms with E-state index in [0.717, 1.165) is 39.3 Å². The van der Waals surface area contributed by atoms with Crippen molar-refractivity contribution < 1.29 is 248 Å². The Balaban J connectivity index is -0.000000188. The summed E-state index contributed by atoms with van der Waals surface area (Å²) in [6.07, 6.45) is 8.23. The molecule has 0 rings (SSSR count). The lowest BCUT2D eigenvalue weighted by atomic mass is 10.3. The molecule has 0 bridgehead atoms. The van der Waals surface area contributed by atoms with Gasteiger partial charge in [0.2, 0.25) is 0 Å². The lowest BCUT2D eigenvalue weighted by Crippen LogP contribution is -2.10. The second-order valence-corrected chi connectivity index (χ2v) is 48.4. The summed E-state index contributed by atoms with van der Waals surface area (Å²) in [7, 11) is -48.0. The van der Waals surface area contributed by atoms with Gasteiger partial charge in [-0.3, -0.25) is 81.8 Å². The van der Waals surface area contributed by atoms with Crippen molar-refractivity contribution in [2.24, 2.45) is 0 Å². The Morgan fingerprint density at radius 3 is 0.654 bits per heavy atom. The van der Waals surface area contributed by atoms with Crippen LogP contribution in [-0.4, -0.2) is 350 Å². The number of rotatable bonds is 79. The summed E-state index contributed by atoms with van der Waals surface area (Å²) in [6.45, 7) is 25.7. The van der Waals surface area contributed by atoms with Crippen molar-refractivity contribution in [3.8, 4) is 0 Å². The van der Waals surface area contributed by atoms with Gasteiger partial charge >= 0.3 is 92.3 Å². The fraction of sp³-hybridized carbons (Fsp3) is 0.969. The summed E-state index contributed by atoms with van der Waals surface area (Å²) in [5.74, 6) is 0. The Morgan fingerprint density at radius 2 is 0.392 bits per heavy atom. The first-order valence-electron chi connectivity index (χ1n) is 40.7. The summed E-state index contributed by atoms with van der Waals surface area (Å²) in [4.78, 5) is 135. The van der Waals surface area contributed by atoms with Gasteiger partial charge in [0.1, 0.15) is 13.6 Å². The third-order valence-electron chi connectivity index (χ3n) is 12.7. The van der Waals surface area contributed by atoms with Crippen LogP contribution in [0.5, 0.6) is 0 Å². The predicted octanol–water partition coefficient (Wildman–Crippen LogP) is 11.1. The van der Waals surface area contributed by atoms with E-state index >= 15 is 0 Å². The molecule has 13 atom stereocenters. The molecule has 53 nitrogen and oxygen atoms in total. The second-order valence-electron chi connectivity index (χ2n) is 25.1. The molecule has 0 spiro atoms. The predicted molar refractivity (Wildman–Crippen MR) is 480 cm³/mol. The number of phosphoric acid groups is 5. The first-order chi connectivity index (χ1) is 60.3. The molecule has 0 saturated carbocycles. The van der Waals surface area contributed by atoms with E-state index in [4.69, 9.17) is 114 Å². The van der Waals surface area contributed by atoms with E-state index in [0.29, 0.717) is 116 Å². The molecular formula is C64H155O53P13. The molecule has 0 amide bonds. The topological polar surface area (TPSA) is 772 Å². The molecule has 794 valence electrons. The standard InChI is InChI=1S/C12H28O9P2.C12H28O8P2.2C10H24O8P2.C7H18O7P2.C6H15O4P.C5H14O7P2.2CH2O/c1-3-5-6-20-23(15,16)21-10-8-18-7-9-19-22(13,14)12-11-17-4-2;1-3-5-8-19-22(15,16)20-10-7-6-9-18-21(13,14)12-11-17-4-2;1-19(12,13)17-7-2-3-8-18-20(14,15)10-4-6-16-9-5-11;1-3-5-6-17-20(13,14)18-8-7-16-19(11,12)10-9-15-4-2;1-3-12-16(10,11)14-7-5-4-6-13-15(2,8)9;1-11(8,9)6-2-4-10-5-3-7;1-3-10-14(8,9)12-5-4-11-13(2,6)7;2*1-2/h3-12H2,1-2H3,(H,13,14)(H,15,16);3-12H2,1-2H3,(H,13,14)(H,15,16);11H,2-10H2,1H3,(H,12,13)(H,14,15);3-10H2,1-2H3,(H,11,12)(H,13,14);3-7H2,1-2H3,(H,8,9)(H,10,11);7H,2-6H2,1H3,(H,8,9);3-5H2,1-2H3,(H,6,7)(H,8,9);2*1H2. The fourth-order valence-electron chi connectivity index (χ4n) is 6.97. The Kier molecular flexibility index (Phi) is 107. The van der Waals surface area contributed by atoms with Gasteiger partial charge in [0.15, 0.2) is 7.37 Å². The van der Waals surface area contributed by atoms with Crippen LogP contribution >= 0.6 is 99.7 Å². The Morgan fingerprint density at radius 1 is 0.192 bits per heavy atom. The van der Waals surface area contributed by atoms with Crippen LogP contribution in [0.4, 0.5) is 0 Å². The average Bonchev–Trinajstić information content (AvgIpc) is 0.899. The van der Waals surface area contributed by atoms with Gasteiger partial charge in [-0.15, -0.1) is 0 Å². The number of carbonyl (C=O) groups excluding carboxylic acids is 2. The van der Waals surface area contributed by atoms with Crippen molar-refractivity contribution >= 4 is 113 Å². The number of unbranched alkanes of at least 4 members (excludes halogenated alkanes) is 6. The van der Waals surface area contributed by atoms with Gasteiger partial charge in [0, 0.05) is 65.9 Å². The summed E-state index contributed by atoms with van der Waals surface area (Å²) >= 11 is 0. The number of aliphatic hydroxyl groups excluding tert-OH is 2. The molecule has 130 heavy (non-hydrogen) atoms. The second kappa shape index (κ2) is 93.5. The van der Waals surface area contributed by atoms with Crippen molar-refractivity contribution in [3.05, 3.63) is 0 Å². The molecule has 0 heterocycles. The highest BCUT2D eigenvalue weighted by Crippen LogP contribution is 2.49. The summed E-state index contributed by atoms with van der Waals surface area (Å²) in [6, 6.07) is 0. The highest BCUT2D eigenvalue weighted by atomic mass is 31.2. The molecule has 0 saturated heterocycles. The van der Waals surface area contributed by atoms with Crippen molar-refractivity contribution in [3.63, 3.8) is 0 Å². The summed E-state index contributed by atoms with van der Waals surface area (Å²) in [5, 5.41) is 16.8. The third-order valence-corrected chi connectivity index (χ3v) is 26.6. The molecule has 0 aliphatic rings. The normalized spacial score (nSPS) is 17.2. The highest BCUT2D eigenvalue weighted by molar-refractivity contribution is 7.57. The number of ether oxygens (including phenoxy) is 6. The van der Waals surface area contributed by atoms with E-state index in [1.165, 1.54) is 13.6 Å². The molecule has 0 aromatic rings. The van der Waals surface area contributed by atoms with Crippen LogP contribution in [0, 0.1) is 0 Å². The van der Waals surface area contributed by atoms with Gasteiger partial charge in [-0.1, -0.05) is 40.0 Å². The van der Waals surface area contributed by atoms with Gasteiger partial charge in [-0.25, -0.2) is 22.8 Å². The first-order valence-corrected chi connectivity index (χ1v) is 63.6. The van der Waals surface area contributed by atoms with Gasteiger partial charge in [0.25, 0.3) is 0 Å². The van der Waals surface area contributed by atoms with Crippen LogP contribution < -0.4 is 0 Å². The van der Waals surface area contributed by atoms with Crippen molar-refractivity contribution in [2.45, 2.75) is 145 Å². The molecule has 0 aromatic carbocycles. The minimum Gasteiger partial charge on any atom is -0.394 e. The van der Waals surface area contributed by atoms with Crippen LogP contribution in [-0.2, 0) is 174 Å². The van der Waals surface area contributed by atoms with Crippen LogP contribution in [0.1, 0.15) is 145 Å². The van der Waals surface area contributed by atoms with Crippen molar-refractivity contribution in [1.29, 1.82) is 0 Å². The van der Waals surface area contributed by atoms with Crippen molar-refractivity contribution in [1.82, 2.24) is 0 Å². The molecule has 0 fully saturated rings. The lowest BCUT2D eigenvalue weighted by Gasteiger charge is -2.14. The monoisotopic (exact) mass is 2170 g/mol. The third kappa shape index (κ3) is 137. The SMILES string of the molecule is C=O.C=O.CCCCOP(=O)(O)OCCCCOP(=O)(O)CCOCC.CCCCOP(=O)(O)OCCOCCOP(=O)(O)CCOCC.CCCCOP(=O)(O)OCCOP(=O)(O)CCOCC.CCOP(=O)(O)OCCCCOP(C)(=O)O.CCOP(=O)(O)OCCOP(C)(=O)O.CP(=O)(O)CCCOCCO.CP(=O)(O)OCCCCOP(=O)(O)CCCOCCO. The van der Waals surface area contributed by atoms with Gasteiger partial charge < -0.3 is 144 Å². The van der Waals surface area contributed by atoms with Crippen LogP contribution in [0.2, 0.25) is 0 Å². The van der Waals surface area contributed by atoms with Gasteiger partial charge in [-0.2, -0.15) is 0 Å². The molecular weight excluding hydrogens is 2020 g/mol. The minimum absolute atomic E-state index is 0.00289. The van der Waals surface area contributed by atoms with E-state index in [-0.39, 0.29) is 190 Å².